The zero-order chi connectivity index (χ0) is 36.7. The number of carboxylic acid groups (broad SMARTS) is 3. The van der Waals surface area contributed by atoms with Gasteiger partial charge >= 0.3 is 17.9 Å². The summed E-state index contributed by atoms with van der Waals surface area (Å²) in [6, 6.07) is -0.175. The van der Waals surface area contributed by atoms with E-state index in [0.29, 0.717) is 5.57 Å². The molecule has 2 amide bonds. The molecule has 0 radical (unpaired) electrons. The van der Waals surface area contributed by atoms with Crippen LogP contribution in [0.25, 0.3) is 5.69 Å². The van der Waals surface area contributed by atoms with Crippen LogP contribution in [0, 0.1) is 0 Å². The van der Waals surface area contributed by atoms with Crippen molar-refractivity contribution in [3.8, 4) is 17.2 Å². The first-order valence-corrected chi connectivity index (χ1v) is 17.1. The number of aliphatic carboxylic acids is 3. The number of phenols is 2. The minimum absolute atomic E-state index is 0.0324. The number of thioether (sulfide) groups is 2. The number of hydrogen-bond donors (Lipinski definition) is 7. The van der Waals surface area contributed by atoms with Crippen LogP contribution < -0.4 is 11.1 Å². The number of anilines is 1. The standard InChI is InChI=1S/C26H24ClN9O11S3/c1-26(2,23(45)46)47-32-15(10-7-49-24(28)29-10)19(41)30-16-20(42)35-17(22(43)44)8(5-48-21(16)35)6-50-25-31-33-34-36(25)11-4-12(37)18(40)14(27)9(11)3-13(38)39/h4,7,16,21,37,40H,3,5-6H2,1-2H3,(H2,28,29)(H,30,41)(H,38,39)(H,43,44)(H,45,46)/b32-15-/t16?,21-/m0/s1. The van der Waals surface area contributed by atoms with E-state index in [1.807, 2.05) is 0 Å². The number of benzene rings is 1. The number of nitrogen functional groups attached to an aromatic ring is 1. The Kier molecular flexibility index (Phi) is 10.1. The Morgan fingerprint density at radius 3 is 2.58 bits per heavy atom. The van der Waals surface area contributed by atoms with Crippen LogP contribution in [-0.2, 0) is 35.2 Å². The van der Waals surface area contributed by atoms with Gasteiger partial charge in [-0.2, -0.15) is 4.68 Å². The van der Waals surface area contributed by atoms with Crippen LogP contribution in [0.5, 0.6) is 11.5 Å². The largest absolute Gasteiger partial charge is 0.504 e. The van der Waals surface area contributed by atoms with Gasteiger partial charge < -0.3 is 41.4 Å². The number of oxime groups is 1. The van der Waals surface area contributed by atoms with E-state index >= 15 is 0 Å². The Labute approximate surface area is 296 Å². The van der Waals surface area contributed by atoms with Crippen molar-refractivity contribution in [1.29, 1.82) is 0 Å². The Morgan fingerprint density at radius 2 is 1.96 bits per heavy atom. The van der Waals surface area contributed by atoms with Crippen LogP contribution in [0.15, 0.2) is 33.0 Å². The first kappa shape index (κ1) is 36.2. The molecule has 3 aromatic rings. The Morgan fingerprint density at radius 1 is 1.24 bits per heavy atom. The average molecular weight is 770 g/mol. The van der Waals surface area contributed by atoms with Crippen molar-refractivity contribution in [2.45, 2.75) is 42.4 Å². The Bertz CT molecular complexity index is 2000. The number of tetrazole rings is 1. The zero-order valence-electron chi connectivity index (χ0n) is 25.4. The van der Waals surface area contributed by atoms with Crippen LogP contribution in [0.4, 0.5) is 5.13 Å². The lowest BCUT2D eigenvalue weighted by Crippen LogP contribution is -2.71. The molecule has 20 nitrogen and oxygen atoms in total. The number of halogens is 1. The number of aromatic nitrogens is 5. The molecule has 24 heteroatoms. The molecule has 5 rings (SSSR count). The number of nitrogens with zero attached hydrogens (tertiary/aromatic N) is 7. The molecule has 4 heterocycles. The second-order valence-electron chi connectivity index (χ2n) is 10.8. The van der Waals surface area contributed by atoms with Crippen molar-refractivity contribution in [2.24, 2.45) is 5.16 Å². The van der Waals surface area contributed by atoms with Crippen molar-refractivity contribution < 1.29 is 54.3 Å². The van der Waals surface area contributed by atoms with Gasteiger partial charge in [0, 0.05) is 28.5 Å². The lowest BCUT2D eigenvalue weighted by atomic mass is 10.0. The number of carbonyl (C=O) groups is 5. The van der Waals surface area contributed by atoms with E-state index in [1.165, 1.54) is 19.2 Å². The molecule has 0 aliphatic carbocycles. The molecule has 1 fully saturated rings. The van der Waals surface area contributed by atoms with E-state index in [2.05, 4.69) is 31.0 Å². The molecule has 0 bridgehead atoms. The van der Waals surface area contributed by atoms with E-state index in [9.17, 15) is 49.5 Å². The van der Waals surface area contributed by atoms with Gasteiger partial charge in [-0.1, -0.05) is 28.5 Å². The minimum Gasteiger partial charge on any atom is -0.504 e. The topological polar surface area (TPSA) is 306 Å². The van der Waals surface area contributed by atoms with Crippen LogP contribution in [0.1, 0.15) is 25.1 Å². The fraction of sp³-hybridized carbons (Fsp3) is 0.308. The van der Waals surface area contributed by atoms with Gasteiger partial charge in [0.1, 0.15) is 22.8 Å². The third kappa shape index (κ3) is 6.97. The van der Waals surface area contributed by atoms with Crippen LogP contribution in [0.3, 0.4) is 0 Å². The molecule has 1 unspecified atom stereocenters. The van der Waals surface area contributed by atoms with E-state index in [1.54, 1.807) is 0 Å². The predicted octanol–water partition coefficient (Wildman–Crippen LogP) is 0.508. The van der Waals surface area contributed by atoms with E-state index < -0.39 is 75.4 Å². The number of aromatic hydroxyl groups is 2. The average Bonchev–Trinajstić information content (AvgIpc) is 3.70. The summed E-state index contributed by atoms with van der Waals surface area (Å²) in [5, 5.41) is 66.8. The minimum atomic E-state index is -1.83. The highest BCUT2D eigenvalue weighted by Crippen LogP contribution is 2.43. The number of phenolic OH excluding ortho intramolecular Hbond substituents is 2. The van der Waals surface area contributed by atoms with Gasteiger partial charge in [0.05, 0.1) is 17.1 Å². The number of nitrogens with two attached hydrogens (primary N) is 1. The number of hydrogen-bond acceptors (Lipinski definition) is 17. The smallest absolute Gasteiger partial charge is 0.352 e. The summed E-state index contributed by atoms with van der Waals surface area (Å²) < 4.78 is 1.06. The van der Waals surface area contributed by atoms with Gasteiger partial charge in [0.15, 0.2) is 22.3 Å². The highest BCUT2D eigenvalue weighted by atomic mass is 35.5. The van der Waals surface area contributed by atoms with E-state index in [0.717, 1.165) is 50.5 Å². The molecule has 1 saturated heterocycles. The summed E-state index contributed by atoms with van der Waals surface area (Å²) in [4.78, 5) is 72.1. The first-order chi connectivity index (χ1) is 23.5. The second-order valence-corrected chi connectivity index (χ2v) is 14.1. The number of amides is 2. The van der Waals surface area contributed by atoms with Gasteiger partial charge in [-0.05, 0) is 29.8 Å². The molecule has 2 atom stereocenters. The normalized spacial score (nSPS) is 17.6. The molecule has 2 aliphatic rings. The monoisotopic (exact) mass is 769 g/mol. The number of nitrogens with one attached hydrogen (secondary N) is 1. The van der Waals surface area contributed by atoms with Gasteiger partial charge in [0.2, 0.25) is 10.8 Å². The molecule has 0 spiro atoms. The van der Waals surface area contributed by atoms with E-state index in [-0.39, 0.29) is 44.4 Å². The molecule has 2 aliphatic heterocycles. The third-order valence-electron chi connectivity index (χ3n) is 7.07. The quantitative estimate of drug-likeness (QED) is 0.0409. The van der Waals surface area contributed by atoms with Crippen molar-refractivity contribution in [1.82, 2.24) is 35.4 Å². The molecule has 1 aromatic carbocycles. The van der Waals surface area contributed by atoms with Crippen molar-refractivity contribution in [2.75, 3.05) is 17.2 Å². The van der Waals surface area contributed by atoms with Crippen LogP contribution in [0.2, 0.25) is 5.02 Å². The highest BCUT2D eigenvalue weighted by molar-refractivity contribution is 8.01. The molecule has 0 saturated carbocycles. The SMILES string of the molecule is CC(C)(O/N=C(\C(=O)NC1C(=O)N2C(C(=O)O)=C(CSc3nnnn3-c3cc(O)c(O)c(Cl)c3CC(=O)O)CS[C@@H]12)c1csc(N)n1)C(=O)O. The maximum Gasteiger partial charge on any atom is 0.352 e. The Hall–Kier alpha value is -5.13. The van der Waals surface area contributed by atoms with Gasteiger partial charge in [-0.15, -0.1) is 28.2 Å². The molecule has 50 heavy (non-hydrogen) atoms. The summed E-state index contributed by atoms with van der Waals surface area (Å²) >= 11 is 9.18. The number of carbonyl (C=O) groups excluding carboxylic acids is 2. The zero-order valence-corrected chi connectivity index (χ0v) is 28.6. The number of β-lactam (4-membered cyclic amide) rings is 1. The molecule has 264 valence electrons. The molecule has 8 N–H and O–H groups in total. The fourth-order valence-corrected chi connectivity index (χ4v) is 7.71. The summed E-state index contributed by atoms with van der Waals surface area (Å²) in [5.41, 5.74) is 3.16. The summed E-state index contributed by atoms with van der Waals surface area (Å²) in [6.07, 6.45) is -0.661. The summed E-state index contributed by atoms with van der Waals surface area (Å²) in [5.74, 6) is -7.17. The van der Waals surface area contributed by atoms with E-state index in [4.69, 9.17) is 22.2 Å². The maximum atomic E-state index is 13.3. The van der Waals surface area contributed by atoms with Gasteiger partial charge in [0.25, 0.3) is 11.8 Å². The lowest BCUT2D eigenvalue weighted by molar-refractivity contribution is -0.161. The van der Waals surface area contributed by atoms with Crippen LogP contribution >= 0.6 is 46.5 Å². The third-order valence-corrected chi connectivity index (χ3v) is 10.5. The highest BCUT2D eigenvalue weighted by Gasteiger charge is 2.54. The fourth-order valence-electron chi connectivity index (χ4n) is 4.54. The second kappa shape index (κ2) is 14.0. The summed E-state index contributed by atoms with van der Waals surface area (Å²) in [7, 11) is 0. The van der Waals surface area contributed by atoms with Crippen molar-refractivity contribution in [3.05, 3.63) is 39.0 Å². The predicted molar refractivity (Wildman–Crippen MR) is 175 cm³/mol. The number of carboxylic acids is 3. The summed E-state index contributed by atoms with van der Waals surface area (Å²) in [6.45, 7) is 2.41. The van der Waals surface area contributed by atoms with Crippen molar-refractivity contribution in [3.63, 3.8) is 0 Å². The Balaban J connectivity index is 1.36. The number of fused-ring (bicyclic) bond motifs is 1. The van der Waals surface area contributed by atoms with Crippen molar-refractivity contribution >= 4 is 87.0 Å². The first-order valence-electron chi connectivity index (χ1n) is 13.8. The van der Waals surface area contributed by atoms with Crippen LogP contribution in [-0.4, -0.2) is 120 Å². The molecule has 2 aromatic heterocycles. The maximum absolute atomic E-state index is 13.3. The lowest BCUT2D eigenvalue weighted by Gasteiger charge is -2.49. The van der Waals surface area contributed by atoms with Gasteiger partial charge in [-0.25, -0.2) is 14.6 Å². The molecular formula is C26H24ClN9O11S3. The molecular weight excluding hydrogens is 746 g/mol. The van der Waals surface area contributed by atoms with Gasteiger partial charge in [-0.3, -0.25) is 19.3 Å². The number of thiazole rings is 1. The number of rotatable bonds is 13.